The number of para-hydroxylation sites is 1. The Balaban J connectivity index is 1.29. The Labute approximate surface area is 173 Å². The van der Waals surface area contributed by atoms with Crippen LogP contribution in [0, 0.1) is 0 Å². The zero-order chi connectivity index (χ0) is 19.2. The Morgan fingerprint density at radius 1 is 0.931 bits per heavy atom. The van der Waals surface area contributed by atoms with E-state index >= 15 is 0 Å². The van der Waals surface area contributed by atoms with Gasteiger partial charge in [-0.25, -0.2) is 0 Å². The lowest BCUT2D eigenvalue weighted by Gasteiger charge is -2.27. The summed E-state index contributed by atoms with van der Waals surface area (Å²) < 4.78 is 8.25. The second-order valence-electron chi connectivity index (χ2n) is 8.01. The van der Waals surface area contributed by atoms with Gasteiger partial charge in [-0.15, -0.1) is 10.2 Å². The minimum Gasteiger partial charge on any atom is -0.306 e. The molecule has 0 amide bonds. The fourth-order valence-electron chi connectivity index (χ4n) is 4.85. The van der Waals surface area contributed by atoms with Crippen molar-refractivity contribution in [2.75, 3.05) is 0 Å². The molecule has 1 aliphatic carbocycles. The largest absolute Gasteiger partial charge is 0.306 e. The molecule has 1 fully saturated rings. The van der Waals surface area contributed by atoms with E-state index in [1.165, 1.54) is 21.6 Å². The Kier molecular flexibility index (Phi) is 4.16. The standard InChI is InChI=1S/C22H22N6S/c1-2-5-17-16(4-1)12-23-13-19-25-26-22(28(17)19)15-9-7-14(8-10-15)20-21-18(29-27-20)6-3-11-24-21/h1-6,11,14-15,23H,7-10,12-13H2. The number of hydrogen-bond donors (Lipinski definition) is 1. The minimum atomic E-state index is 0.441. The molecular formula is C22H22N6S. The summed E-state index contributed by atoms with van der Waals surface area (Å²) in [5.74, 6) is 3.07. The molecule has 0 unspecified atom stereocenters. The molecule has 6 nitrogen and oxygen atoms in total. The normalized spacial score (nSPS) is 21.5. The lowest BCUT2D eigenvalue weighted by molar-refractivity contribution is 0.380. The van der Waals surface area contributed by atoms with Gasteiger partial charge >= 0.3 is 0 Å². The number of fused-ring (bicyclic) bond motifs is 4. The van der Waals surface area contributed by atoms with Crippen LogP contribution in [0.15, 0.2) is 42.6 Å². The summed E-state index contributed by atoms with van der Waals surface area (Å²) in [6, 6.07) is 12.7. The highest BCUT2D eigenvalue weighted by atomic mass is 32.1. The Bertz CT molecular complexity index is 1170. The third kappa shape index (κ3) is 2.88. The van der Waals surface area contributed by atoms with Gasteiger partial charge in [0.2, 0.25) is 0 Å². The van der Waals surface area contributed by atoms with Crippen LogP contribution in [0.5, 0.6) is 0 Å². The van der Waals surface area contributed by atoms with Crippen molar-refractivity contribution in [1.29, 1.82) is 0 Å². The van der Waals surface area contributed by atoms with E-state index in [1.807, 2.05) is 12.3 Å². The van der Waals surface area contributed by atoms with Crippen molar-refractivity contribution in [3.63, 3.8) is 0 Å². The van der Waals surface area contributed by atoms with E-state index < -0.39 is 0 Å². The molecule has 7 heteroatoms. The summed E-state index contributed by atoms with van der Waals surface area (Å²) in [6.45, 7) is 1.63. The van der Waals surface area contributed by atoms with Crippen LogP contribution in [0.25, 0.3) is 15.9 Å². The van der Waals surface area contributed by atoms with E-state index in [2.05, 4.69) is 55.4 Å². The van der Waals surface area contributed by atoms with Crippen LogP contribution in [-0.4, -0.2) is 24.1 Å². The SMILES string of the molecule is c1ccc2c(c1)CNCc1nnc(C3CCC(c4nsc5cccnc45)CC3)n1-2. The van der Waals surface area contributed by atoms with Gasteiger partial charge in [-0.1, -0.05) is 18.2 Å². The molecule has 1 N–H and O–H groups in total. The summed E-state index contributed by atoms with van der Waals surface area (Å²) in [6.07, 6.45) is 6.36. The van der Waals surface area contributed by atoms with Crippen LogP contribution in [-0.2, 0) is 13.1 Å². The van der Waals surface area contributed by atoms with Gasteiger partial charge in [0, 0.05) is 24.6 Å². The Morgan fingerprint density at radius 2 is 1.79 bits per heavy atom. The molecule has 3 aromatic heterocycles. The first-order valence-electron chi connectivity index (χ1n) is 10.3. The lowest BCUT2D eigenvalue weighted by Crippen LogP contribution is -2.17. The maximum atomic E-state index is 4.76. The summed E-state index contributed by atoms with van der Waals surface area (Å²) in [4.78, 5) is 4.59. The predicted molar refractivity (Wildman–Crippen MR) is 113 cm³/mol. The summed E-state index contributed by atoms with van der Waals surface area (Å²) in [7, 11) is 0. The monoisotopic (exact) mass is 402 g/mol. The molecule has 0 saturated heterocycles. The average molecular weight is 403 g/mol. The fraction of sp³-hybridized carbons (Fsp3) is 0.364. The molecule has 6 rings (SSSR count). The van der Waals surface area contributed by atoms with Crippen molar-refractivity contribution in [1.82, 2.24) is 29.4 Å². The molecule has 1 aromatic carbocycles. The van der Waals surface area contributed by atoms with E-state index in [4.69, 9.17) is 4.37 Å². The first-order chi connectivity index (χ1) is 14.4. The van der Waals surface area contributed by atoms with Gasteiger partial charge in [0.05, 0.1) is 22.6 Å². The van der Waals surface area contributed by atoms with Gasteiger partial charge in [0.1, 0.15) is 11.3 Å². The zero-order valence-corrected chi connectivity index (χ0v) is 16.9. The second-order valence-corrected chi connectivity index (χ2v) is 8.81. The molecule has 0 radical (unpaired) electrons. The molecule has 0 atom stereocenters. The van der Waals surface area contributed by atoms with Crippen LogP contribution < -0.4 is 5.32 Å². The average Bonchev–Trinajstić information content (AvgIpc) is 3.34. The smallest absolute Gasteiger partial charge is 0.151 e. The van der Waals surface area contributed by atoms with Crippen LogP contribution >= 0.6 is 11.5 Å². The zero-order valence-electron chi connectivity index (χ0n) is 16.1. The molecule has 4 heterocycles. The number of benzene rings is 1. The molecule has 29 heavy (non-hydrogen) atoms. The quantitative estimate of drug-likeness (QED) is 0.541. The number of rotatable bonds is 2. The molecular weight excluding hydrogens is 380 g/mol. The molecule has 2 aliphatic rings. The second kappa shape index (κ2) is 7.00. The van der Waals surface area contributed by atoms with E-state index in [9.17, 15) is 0 Å². The topological polar surface area (TPSA) is 68.5 Å². The third-order valence-corrected chi connectivity index (χ3v) is 7.13. The van der Waals surface area contributed by atoms with Crippen LogP contribution in [0.2, 0.25) is 0 Å². The summed E-state index contributed by atoms with van der Waals surface area (Å²) in [5.41, 5.74) is 4.82. The van der Waals surface area contributed by atoms with Crippen molar-refractivity contribution < 1.29 is 0 Å². The van der Waals surface area contributed by atoms with Crippen molar-refractivity contribution in [2.24, 2.45) is 0 Å². The van der Waals surface area contributed by atoms with E-state index in [0.717, 1.165) is 55.9 Å². The number of nitrogens with one attached hydrogen (secondary N) is 1. The fourth-order valence-corrected chi connectivity index (χ4v) is 5.67. The van der Waals surface area contributed by atoms with Crippen molar-refractivity contribution in [3.05, 3.63) is 65.5 Å². The predicted octanol–water partition coefficient (Wildman–Crippen LogP) is 4.32. The highest BCUT2D eigenvalue weighted by molar-refractivity contribution is 7.13. The molecule has 0 bridgehead atoms. The van der Waals surface area contributed by atoms with Crippen LogP contribution in [0.3, 0.4) is 0 Å². The number of pyridine rings is 1. The highest BCUT2D eigenvalue weighted by Crippen LogP contribution is 2.42. The highest BCUT2D eigenvalue weighted by Gasteiger charge is 2.31. The van der Waals surface area contributed by atoms with Gasteiger partial charge in [0.25, 0.3) is 0 Å². The minimum absolute atomic E-state index is 0.441. The third-order valence-electron chi connectivity index (χ3n) is 6.32. The molecule has 4 aromatic rings. The van der Waals surface area contributed by atoms with Gasteiger partial charge < -0.3 is 5.32 Å². The summed E-state index contributed by atoms with van der Waals surface area (Å²) in [5, 5.41) is 12.7. The van der Waals surface area contributed by atoms with Crippen LogP contribution in [0.4, 0.5) is 0 Å². The number of aromatic nitrogens is 5. The molecule has 146 valence electrons. The molecule has 0 spiro atoms. The van der Waals surface area contributed by atoms with Gasteiger partial charge in [-0.2, -0.15) is 4.37 Å². The van der Waals surface area contributed by atoms with Gasteiger partial charge in [0.15, 0.2) is 5.82 Å². The summed E-state index contributed by atoms with van der Waals surface area (Å²) >= 11 is 1.57. The maximum Gasteiger partial charge on any atom is 0.151 e. The van der Waals surface area contributed by atoms with Crippen molar-refractivity contribution >= 4 is 21.7 Å². The number of nitrogens with zero attached hydrogens (tertiary/aromatic N) is 5. The van der Waals surface area contributed by atoms with E-state index in [-0.39, 0.29) is 0 Å². The van der Waals surface area contributed by atoms with Gasteiger partial charge in [-0.3, -0.25) is 9.55 Å². The first kappa shape index (κ1) is 17.2. The maximum absolute atomic E-state index is 4.76. The van der Waals surface area contributed by atoms with E-state index in [0.29, 0.717) is 11.8 Å². The lowest BCUT2D eigenvalue weighted by atomic mass is 9.80. The van der Waals surface area contributed by atoms with Gasteiger partial charge in [-0.05, 0) is 61.0 Å². The van der Waals surface area contributed by atoms with Crippen molar-refractivity contribution in [2.45, 2.75) is 50.6 Å². The molecule has 1 saturated carbocycles. The Morgan fingerprint density at radius 3 is 2.72 bits per heavy atom. The van der Waals surface area contributed by atoms with Crippen LogP contribution in [0.1, 0.15) is 60.4 Å². The first-order valence-corrected chi connectivity index (χ1v) is 11.1. The van der Waals surface area contributed by atoms with E-state index in [1.54, 1.807) is 11.5 Å². The Hall–Kier alpha value is -2.64. The van der Waals surface area contributed by atoms with Crippen molar-refractivity contribution in [3.8, 4) is 5.69 Å². The molecule has 1 aliphatic heterocycles. The number of hydrogen-bond acceptors (Lipinski definition) is 6.